The minimum atomic E-state index is 0.139. The number of halogens is 1. The number of hydrogen-bond acceptors (Lipinski definition) is 2. The average Bonchev–Trinajstić information content (AvgIpc) is 2.37. The summed E-state index contributed by atoms with van der Waals surface area (Å²) in [7, 11) is 1.91. The van der Waals surface area contributed by atoms with Crippen molar-refractivity contribution in [2.75, 3.05) is 7.05 Å². The van der Waals surface area contributed by atoms with Crippen LogP contribution in [-0.2, 0) is 6.42 Å². The van der Waals surface area contributed by atoms with E-state index in [1.54, 1.807) is 12.1 Å². The van der Waals surface area contributed by atoms with Gasteiger partial charge in [0.25, 0.3) is 0 Å². The summed E-state index contributed by atoms with van der Waals surface area (Å²) in [5.74, 6) is 0.293. The molecule has 0 aliphatic rings. The quantitative estimate of drug-likeness (QED) is 0.882. The van der Waals surface area contributed by atoms with E-state index >= 15 is 0 Å². The zero-order chi connectivity index (χ0) is 13.0. The van der Waals surface area contributed by atoms with Gasteiger partial charge in [0.1, 0.15) is 5.75 Å². The van der Waals surface area contributed by atoms with Crippen LogP contribution < -0.4 is 5.32 Å². The van der Waals surface area contributed by atoms with Gasteiger partial charge in [0, 0.05) is 11.1 Å². The first kappa shape index (κ1) is 12.9. The van der Waals surface area contributed by atoms with Crippen molar-refractivity contribution in [3.05, 3.63) is 64.7 Å². The van der Waals surface area contributed by atoms with Crippen molar-refractivity contribution < 1.29 is 5.11 Å². The maximum absolute atomic E-state index is 9.48. The minimum Gasteiger partial charge on any atom is -0.508 e. The molecule has 2 aromatic carbocycles. The zero-order valence-corrected chi connectivity index (χ0v) is 11.0. The number of rotatable bonds is 4. The minimum absolute atomic E-state index is 0.139. The lowest BCUT2D eigenvalue weighted by Gasteiger charge is -2.18. The van der Waals surface area contributed by atoms with Crippen molar-refractivity contribution in [2.24, 2.45) is 0 Å². The van der Waals surface area contributed by atoms with Crippen LogP contribution in [0.3, 0.4) is 0 Å². The second-order valence-corrected chi connectivity index (χ2v) is 4.64. The van der Waals surface area contributed by atoms with Gasteiger partial charge in [-0.25, -0.2) is 0 Å². The number of aromatic hydroxyl groups is 1. The first-order valence-electron chi connectivity index (χ1n) is 5.90. The molecule has 0 aliphatic carbocycles. The van der Waals surface area contributed by atoms with Gasteiger partial charge >= 0.3 is 0 Å². The molecule has 1 atom stereocenters. The monoisotopic (exact) mass is 261 g/mol. The second kappa shape index (κ2) is 5.89. The number of benzene rings is 2. The highest BCUT2D eigenvalue weighted by atomic mass is 35.5. The summed E-state index contributed by atoms with van der Waals surface area (Å²) in [6, 6.07) is 15.3. The standard InChI is InChI=1S/C15H16ClNO/c1-17-15(13-7-2-3-8-14(13)16)10-11-5-4-6-12(18)9-11/h2-9,15,17-18H,10H2,1H3. The van der Waals surface area contributed by atoms with E-state index in [-0.39, 0.29) is 6.04 Å². The summed E-state index contributed by atoms with van der Waals surface area (Å²) in [6.07, 6.45) is 0.786. The van der Waals surface area contributed by atoms with Crippen molar-refractivity contribution in [3.63, 3.8) is 0 Å². The molecule has 94 valence electrons. The molecule has 0 aromatic heterocycles. The average molecular weight is 262 g/mol. The lowest BCUT2D eigenvalue weighted by Crippen LogP contribution is -2.19. The third kappa shape index (κ3) is 3.03. The Morgan fingerprint density at radius 3 is 2.61 bits per heavy atom. The molecule has 0 bridgehead atoms. The predicted molar refractivity (Wildman–Crippen MR) is 75.1 cm³/mol. The summed E-state index contributed by atoms with van der Waals surface area (Å²) in [5.41, 5.74) is 2.15. The highest BCUT2D eigenvalue weighted by molar-refractivity contribution is 6.31. The summed E-state index contributed by atoms with van der Waals surface area (Å²) in [6.45, 7) is 0. The highest BCUT2D eigenvalue weighted by Crippen LogP contribution is 2.26. The first-order valence-corrected chi connectivity index (χ1v) is 6.28. The molecular formula is C15H16ClNO. The van der Waals surface area contributed by atoms with E-state index in [1.807, 2.05) is 43.4 Å². The van der Waals surface area contributed by atoms with Crippen molar-refractivity contribution in [3.8, 4) is 5.75 Å². The molecule has 2 N–H and O–H groups in total. The Morgan fingerprint density at radius 1 is 1.17 bits per heavy atom. The van der Waals surface area contributed by atoms with E-state index < -0.39 is 0 Å². The summed E-state index contributed by atoms with van der Waals surface area (Å²) in [4.78, 5) is 0. The van der Waals surface area contributed by atoms with Crippen LogP contribution in [-0.4, -0.2) is 12.2 Å². The molecule has 0 amide bonds. The van der Waals surface area contributed by atoms with Gasteiger partial charge in [-0.15, -0.1) is 0 Å². The van der Waals surface area contributed by atoms with E-state index in [9.17, 15) is 5.11 Å². The van der Waals surface area contributed by atoms with E-state index in [1.165, 1.54) is 0 Å². The van der Waals surface area contributed by atoms with Gasteiger partial charge in [-0.2, -0.15) is 0 Å². The van der Waals surface area contributed by atoms with Gasteiger partial charge in [0.05, 0.1) is 0 Å². The Morgan fingerprint density at radius 2 is 1.94 bits per heavy atom. The fourth-order valence-corrected chi connectivity index (χ4v) is 2.31. The van der Waals surface area contributed by atoms with Gasteiger partial charge in [0.15, 0.2) is 0 Å². The molecule has 0 aliphatic heterocycles. The first-order chi connectivity index (χ1) is 8.70. The molecule has 0 saturated carbocycles. The molecule has 0 saturated heterocycles. The Hall–Kier alpha value is -1.51. The molecule has 2 aromatic rings. The lowest BCUT2D eigenvalue weighted by molar-refractivity contribution is 0.473. The van der Waals surface area contributed by atoms with Crippen LogP contribution in [0, 0.1) is 0 Å². The van der Waals surface area contributed by atoms with E-state index in [4.69, 9.17) is 11.6 Å². The number of phenols is 1. The van der Waals surface area contributed by atoms with Crippen molar-refractivity contribution in [1.82, 2.24) is 5.32 Å². The molecular weight excluding hydrogens is 246 g/mol. The van der Waals surface area contributed by atoms with Crippen LogP contribution in [0.5, 0.6) is 5.75 Å². The molecule has 0 fully saturated rings. The van der Waals surface area contributed by atoms with E-state index in [0.29, 0.717) is 5.75 Å². The Balaban J connectivity index is 2.23. The van der Waals surface area contributed by atoms with Crippen LogP contribution in [0.25, 0.3) is 0 Å². The molecule has 0 radical (unpaired) electrons. The van der Waals surface area contributed by atoms with Crippen molar-refractivity contribution >= 4 is 11.6 Å². The summed E-state index contributed by atoms with van der Waals surface area (Å²) < 4.78 is 0. The SMILES string of the molecule is CNC(Cc1cccc(O)c1)c1ccccc1Cl. The number of hydrogen-bond donors (Lipinski definition) is 2. The van der Waals surface area contributed by atoms with Crippen molar-refractivity contribution in [1.29, 1.82) is 0 Å². The third-order valence-electron chi connectivity index (χ3n) is 2.98. The summed E-state index contributed by atoms with van der Waals surface area (Å²) >= 11 is 6.21. The van der Waals surface area contributed by atoms with Gasteiger partial charge < -0.3 is 10.4 Å². The topological polar surface area (TPSA) is 32.3 Å². The maximum Gasteiger partial charge on any atom is 0.115 e. The fraction of sp³-hybridized carbons (Fsp3) is 0.200. The van der Waals surface area contributed by atoms with Gasteiger partial charge in [-0.1, -0.05) is 41.9 Å². The Kier molecular flexibility index (Phi) is 4.24. The van der Waals surface area contributed by atoms with Crippen LogP contribution in [0.15, 0.2) is 48.5 Å². The molecule has 18 heavy (non-hydrogen) atoms. The second-order valence-electron chi connectivity index (χ2n) is 4.24. The summed E-state index contributed by atoms with van der Waals surface area (Å²) in [5, 5.41) is 13.5. The Bertz CT molecular complexity index is 527. The van der Waals surface area contributed by atoms with Crippen LogP contribution in [0.4, 0.5) is 0 Å². The number of phenolic OH excluding ortho intramolecular Hbond substituents is 1. The lowest BCUT2D eigenvalue weighted by atomic mass is 9.99. The van der Waals surface area contributed by atoms with Gasteiger partial charge in [-0.3, -0.25) is 0 Å². The normalized spacial score (nSPS) is 12.3. The molecule has 2 rings (SSSR count). The van der Waals surface area contributed by atoms with Crippen LogP contribution >= 0.6 is 11.6 Å². The van der Waals surface area contributed by atoms with Crippen LogP contribution in [0.2, 0.25) is 5.02 Å². The smallest absolute Gasteiger partial charge is 0.115 e. The Labute approximate surface area is 112 Å². The number of likely N-dealkylation sites (N-methyl/N-ethyl adjacent to an activating group) is 1. The van der Waals surface area contributed by atoms with E-state index in [2.05, 4.69) is 5.32 Å². The highest BCUT2D eigenvalue weighted by Gasteiger charge is 2.13. The molecule has 0 heterocycles. The maximum atomic E-state index is 9.48. The zero-order valence-electron chi connectivity index (χ0n) is 10.2. The molecule has 3 heteroatoms. The number of nitrogens with one attached hydrogen (secondary N) is 1. The van der Waals surface area contributed by atoms with Gasteiger partial charge in [0.2, 0.25) is 0 Å². The third-order valence-corrected chi connectivity index (χ3v) is 3.32. The fourth-order valence-electron chi connectivity index (χ4n) is 2.04. The van der Waals surface area contributed by atoms with Gasteiger partial charge in [-0.05, 0) is 42.8 Å². The van der Waals surface area contributed by atoms with Crippen molar-refractivity contribution in [2.45, 2.75) is 12.5 Å². The van der Waals surface area contributed by atoms with Crippen LogP contribution in [0.1, 0.15) is 17.2 Å². The predicted octanol–water partition coefficient (Wildman–Crippen LogP) is 3.55. The largest absolute Gasteiger partial charge is 0.508 e. The molecule has 2 nitrogen and oxygen atoms in total. The molecule has 1 unspecified atom stereocenters. The molecule has 0 spiro atoms. The van der Waals surface area contributed by atoms with E-state index in [0.717, 1.165) is 22.6 Å².